The number of nitrogens with zero attached hydrogens (tertiary/aromatic N) is 1. The smallest absolute Gasteiger partial charge is 0.223 e. The summed E-state index contributed by atoms with van der Waals surface area (Å²) in [5, 5.41) is 6.57. The third-order valence-electron chi connectivity index (χ3n) is 6.03. The van der Waals surface area contributed by atoms with Crippen molar-refractivity contribution in [3.63, 3.8) is 0 Å². The van der Waals surface area contributed by atoms with E-state index in [9.17, 15) is 9.59 Å². The predicted octanol–water partition coefficient (Wildman–Crippen LogP) is 2.60. The van der Waals surface area contributed by atoms with Crippen LogP contribution in [0.2, 0.25) is 0 Å². The lowest BCUT2D eigenvalue weighted by atomic mass is 9.87. The Balaban J connectivity index is 1.60. The monoisotopic (exact) mass is 365 g/mol. The Kier molecular flexibility index (Phi) is 9.06. The topological polar surface area (TPSA) is 61.4 Å². The molecule has 0 saturated carbocycles. The lowest BCUT2D eigenvalue weighted by Gasteiger charge is -2.33. The van der Waals surface area contributed by atoms with Crippen molar-refractivity contribution in [1.29, 1.82) is 0 Å². The first-order chi connectivity index (χ1) is 12.5. The lowest BCUT2D eigenvalue weighted by Crippen LogP contribution is -2.47. The van der Waals surface area contributed by atoms with Crippen molar-refractivity contribution in [1.82, 2.24) is 15.5 Å². The summed E-state index contributed by atoms with van der Waals surface area (Å²) in [4.78, 5) is 26.6. The van der Waals surface area contributed by atoms with Crippen molar-refractivity contribution in [2.45, 2.75) is 71.8 Å². The molecule has 5 nitrogen and oxygen atoms in total. The summed E-state index contributed by atoms with van der Waals surface area (Å²) in [6.45, 7) is 11.3. The molecule has 2 saturated heterocycles. The highest BCUT2D eigenvalue weighted by atomic mass is 16.2. The molecule has 0 radical (unpaired) electrons. The van der Waals surface area contributed by atoms with Gasteiger partial charge in [-0.1, -0.05) is 20.8 Å². The van der Waals surface area contributed by atoms with Crippen LogP contribution in [-0.4, -0.2) is 55.4 Å². The van der Waals surface area contributed by atoms with Crippen molar-refractivity contribution >= 4 is 11.7 Å². The summed E-state index contributed by atoms with van der Waals surface area (Å²) in [6, 6.07) is 0.314. The van der Waals surface area contributed by atoms with Crippen LogP contribution in [0.5, 0.6) is 0 Å². The molecule has 2 N–H and O–H groups in total. The molecule has 5 heteroatoms. The number of likely N-dealkylation sites (tertiary alicyclic amines) is 1. The van der Waals surface area contributed by atoms with E-state index in [2.05, 4.69) is 22.5 Å². The number of hydrogen-bond donors (Lipinski definition) is 2. The van der Waals surface area contributed by atoms with Crippen LogP contribution in [0.25, 0.3) is 0 Å². The molecule has 0 spiro atoms. The largest absolute Gasteiger partial charge is 0.352 e. The molecule has 2 aliphatic rings. The minimum absolute atomic E-state index is 0.108. The number of hydrogen-bond acceptors (Lipinski definition) is 4. The number of amides is 1. The molecule has 0 aromatic carbocycles. The third kappa shape index (κ3) is 7.36. The number of carbonyl (C=O) groups is 2. The van der Waals surface area contributed by atoms with Crippen LogP contribution in [0.3, 0.4) is 0 Å². The summed E-state index contributed by atoms with van der Waals surface area (Å²) in [5.74, 6) is 1.55. The molecular formula is C21H39N3O2. The Hall–Kier alpha value is -0.940. The molecule has 2 aliphatic heterocycles. The van der Waals surface area contributed by atoms with E-state index in [0.717, 1.165) is 58.4 Å². The minimum Gasteiger partial charge on any atom is -0.352 e. The first-order valence-electron chi connectivity index (χ1n) is 10.7. The van der Waals surface area contributed by atoms with Gasteiger partial charge in [0.15, 0.2) is 0 Å². The summed E-state index contributed by atoms with van der Waals surface area (Å²) in [7, 11) is 0. The molecule has 2 atom stereocenters. The zero-order valence-corrected chi connectivity index (χ0v) is 17.1. The molecular weight excluding hydrogens is 326 g/mol. The van der Waals surface area contributed by atoms with E-state index in [4.69, 9.17) is 0 Å². The quantitative estimate of drug-likeness (QED) is 0.659. The number of ketones is 1. The Bertz CT molecular complexity index is 439. The number of nitrogens with one attached hydrogen (secondary N) is 2. The molecule has 2 rings (SSSR count). The zero-order chi connectivity index (χ0) is 18.9. The van der Waals surface area contributed by atoms with E-state index >= 15 is 0 Å². The van der Waals surface area contributed by atoms with Gasteiger partial charge in [-0.25, -0.2) is 0 Å². The van der Waals surface area contributed by atoms with Crippen LogP contribution in [0.15, 0.2) is 0 Å². The van der Waals surface area contributed by atoms with Gasteiger partial charge in [-0.05, 0) is 70.6 Å². The van der Waals surface area contributed by atoms with Crippen LogP contribution in [-0.2, 0) is 9.59 Å². The van der Waals surface area contributed by atoms with Gasteiger partial charge in [0, 0.05) is 30.8 Å². The van der Waals surface area contributed by atoms with E-state index in [-0.39, 0.29) is 17.7 Å². The summed E-state index contributed by atoms with van der Waals surface area (Å²) in [5.41, 5.74) is 0. The highest BCUT2D eigenvalue weighted by molar-refractivity contribution is 5.80. The number of carbonyl (C=O) groups excluding carboxylic acids is 2. The molecule has 2 fully saturated rings. The van der Waals surface area contributed by atoms with Crippen LogP contribution in [0.1, 0.15) is 65.7 Å². The lowest BCUT2D eigenvalue weighted by molar-refractivity contribution is -0.126. The van der Waals surface area contributed by atoms with Crippen molar-refractivity contribution in [3.8, 4) is 0 Å². The van der Waals surface area contributed by atoms with E-state index in [1.165, 1.54) is 12.8 Å². The zero-order valence-electron chi connectivity index (χ0n) is 17.1. The molecule has 2 heterocycles. The SMILES string of the molecule is CC(C)C(=O)CCCN1CCC(CC(C)C(=O)NC2CCCNC2)CC1. The second kappa shape index (κ2) is 11.0. The number of Topliss-reactive ketones (excluding diaryl/α,β-unsaturated/α-hetero) is 1. The van der Waals surface area contributed by atoms with Crippen LogP contribution >= 0.6 is 0 Å². The fraction of sp³-hybridized carbons (Fsp3) is 0.905. The Morgan fingerprint density at radius 2 is 1.88 bits per heavy atom. The Morgan fingerprint density at radius 3 is 2.50 bits per heavy atom. The highest BCUT2D eigenvalue weighted by Gasteiger charge is 2.25. The predicted molar refractivity (Wildman–Crippen MR) is 106 cm³/mol. The second-order valence-electron chi connectivity index (χ2n) is 8.70. The van der Waals surface area contributed by atoms with E-state index in [0.29, 0.717) is 24.2 Å². The van der Waals surface area contributed by atoms with Crippen molar-refractivity contribution in [2.75, 3.05) is 32.7 Å². The third-order valence-corrected chi connectivity index (χ3v) is 6.03. The maximum atomic E-state index is 12.4. The number of piperidine rings is 2. The average Bonchev–Trinajstić information content (AvgIpc) is 2.63. The van der Waals surface area contributed by atoms with E-state index < -0.39 is 0 Å². The van der Waals surface area contributed by atoms with E-state index in [1.54, 1.807) is 0 Å². The molecule has 0 aromatic rings. The maximum absolute atomic E-state index is 12.4. The van der Waals surface area contributed by atoms with Gasteiger partial charge >= 0.3 is 0 Å². The highest BCUT2D eigenvalue weighted by Crippen LogP contribution is 2.25. The second-order valence-corrected chi connectivity index (χ2v) is 8.70. The van der Waals surface area contributed by atoms with Crippen molar-refractivity contribution in [2.24, 2.45) is 17.8 Å². The van der Waals surface area contributed by atoms with Gasteiger partial charge in [-0.3, -0.25) is 9.59 Å². The standard InChI is InChI=1S/C21H39N3O2/c1-16(2)20(25)7-5-11-24-12-8-18(9-13-24)14-17(3)21(26)23-19-6-4-10-22-15-19/h16-19,22H,4-15H2,1-3H3,(H,23,26). The minimum atomic E-state index is 0.108. The first kappa shape index (κ1) is 21.4. The van der Waals surface area contributed by atoms with Gasteiger partial charge in [-0.15, -0.1) is 0 Å². The molecule has 2 unspecified atom stereocenters. The summed E-state index contributed by atoms with van der Waals surface area (Å²) in [6.07, 6.45) is 7.32. The van der Waals surface area contributed by atoms with Gasteiger partial charge in [0.2, 0.25) is 5.91 Å². The number of rotatable bonds is 9. The maximum Gasteiger partial charge on any atom is 0.223 e. The first-order valence-corrected chi connectivity index (χ1v) is 10.7. The van der Waals surface area contributed by atoms with Gasteiger partial charge in [0.05, 0.1) is 0 Å². The molecule has 0 bridgehead atoms. The fourth-order valence-electron chi connectivity index (χ4n) is 4.14. The van der Waals surface area contributed by atoms with Gasteiger partial charge in [-0.2, -0.15) is 0 Å². The summed E-state index contributed by atoms with van der Waals surface area (Å²) >= 11 is 0. The fourth-order valence-corrected chi connectivity index (χ4v) is 4.14. The molecule has 26 heavy (non-hydrogen) atoms. The van der Waals surface area contributed by atoms with Crippen LogP contribution in [0, 0.1) is 17.8 Å². The van der Waals surface area contributed by atoms with E-state index in [1.807, 2.05) is 13.8 Å². The van der Waals surface area contributed by atoms with Crippen LogP contribution in [0.4, 0.5) is 0 Å². The van der Waals surface area contributed by atoms with Gasteiger partial charge in [0.25, 0.3) is 0 Å². The Morgan fingerprint density at radius 1 is 1.15 bits per heavy atom. The van der Waals surface area contributed by atoms with Crippen molar-refractivity contribution < 1.29 is 9.59 Å². The average molecular weight is 366 g/mol. The van der Waals surface area contributed by atoms with Gasteiger partial charge < -0.3 is 15.5 Å². The molecule has 0 aliphatic carbocycles. The molecule has 0 aromatic heterocycles. The van der Waals surface area contributed by atoms with Gasteiger partial charge in [0.1, 0.15) is 5.78 Å². The Labute approximate surface area is 159 Å². The molecule has 150 valence electrons. The normalized spacial score (nSPS) is 23.8. The molecule has 1 amide bonds. The summed E-state index contributed by atoms with van der Waals surface area (Å²) < 4.78 is 0. The van der Waals surface area contributed by atoms with Crippen molar-refractivity contribution in [3.05, 3.63) is 0 Å². The van der Waals surface area contributed by atoms with Crippen LogP contribution < -0.4 is 10.6 Å².